The van der Waals surface area contributed by atoms with E-state index in [0.29, 0.717) is 25.3 Å². The summed E-state index contributed by atoms with van der Waals surface area (Å²) in [5, 5.41) is 8.29. The Morgan fingerprint density at radius 3 is 2.77 bits per heavy atom. The van der Waals surface area contributed by atoms with Crippen molar-refractivity contribution in [1.82, 2.24) is 19.7 Å². The van der Waals surface area contributed by atoms with Gasteiger partial charge in [-0.15, -0.1) is 0 Å². The van der Waals surface area contributed by atoms with Gasteiger partial charge in [-0.25, -0.2) is 10.0 Å². The highest BCUT2D eigenvalue weighted by atomic mass is 19.4. The van der Waals surface area contributed by atoms with E-state index in [4.69, 9.17) is 9.57 Å². The molecule has 0 radical (unpaired) electrons. The molecule has 0 amide bonds. The Labute approximate surface area is 176 Å². The van der Waals surface area contributed by atoms with Gasteiger partial charge in [0.25, 0.3) is 0 Å². The largest absolute Gasteiger partial charge is 0.421 e. The lowest BCUT2D eigenvalue weighted by Crippen LogP contribution is -2.26. The standard InChI is InChI=1S/C20H21F3N6O2/c1-30-10-8-28-13-15(11-25-28)26-19-24-12-16(20(21,22)23)18(27-19)29-17(7-9-31-29)14-5-3-2-4-6-14/h2-6,11-13,17H,7-10H2,1H3,(H,24,26,27). The zero-order chi connectivity index (χ0) is 21.8. The second-order valence-electron chi connectivity index (χ2n) is 6.91. The van der Waals surface area contributed by atoms with Crippen LogP contribution in [0.4, 0.5) is 30.6 Å². The van der Waals surface area contributed by atoms with Gasteiger partial charge in [-0.1, -0.05) is 30.3 Å². The summed E-state index contributed by atoms with van der Waals surface area (Å²) in [5.41, 5.74) is 0.432. The van der Waals surface area contributed by atoms with Gasteiger partial charge in [0.2, 0.25) is 5.95 Å². The van der Waals surface area contributed by atoms with Crippen LogP contribution in [0, 0.1) is 0 Å². The maximum atomic E-state index is 13.7. The molecule has 4 rings (SSSR count). The predicted octanol–water partition coefficient (Wildman–Crippen LogP) is 3.96. The molecule has 0 bridgehead atoms. The smallest absolute Gasteiger partial charge is 0.383 e. The van der Waals surface area contributed by atoms with E-state index in [1.807, 2.05) is 30.3 Å². The normalized spacial score (nSPS) is 16.6. The van der Waals surface area contributed by atoms with E-state index in [1.165, 1.54) is 11.3 Å². The minimum Gasteiger partial charge on any atom is -0.383 e. The number of hydrogen-bond acceptors (Lipinski definition) is 7. The van der Waals surface area contributed by atoms with Crippen molar-refractivity contribution in [3.63, 3.8) is 0 Å². The first-order valence-corrected chi connectivity index (χ1v) is 9.65. The predicted molar refractivity (Wildman–Crippen MR) is 107 cm³/mol. The number of nitrogens with zero attached hydrogens (tertiary/aromatic N) is 5. The summed E-state index contributed by atoms with van der Waals surface area (Å²) >= 11 is 0. The van der Waals surface area contributed by atoms with Crippen molar-refractivity contribution in [3.8, 4) is 0 Å². The number of hydrogen-bond donors (Lipinski definition) is 1. The molecule has 1 unspecified atom stereocenters. The molecule has 1 N–H and O–H groups in total. The quantitative estimate of drug-likeness (QED) is 0.603. The molecule has 3 heterocycles. The van der Waals surface area contributed by atoms with Crippen molar-refractivity contribution in [2.24, 2.45) is 0 Å². The highest BCUT2D eigenvalue weighted by molar-refractivity contribution is 5.56. The summed E-state index contributed by atoms with van der Waals surface area (Å²) in [7, 11) is 1.59. The number of alkyl halides is 3. The molecule has 0 aliphatic carbocycles. The molecular weight excluding hydrogens is 413 g/mol. The van der Waals surface area contributed by atoms with Gasteiger partial charge in [0.05, 0.1) is 37.7 Å². The van der Waals surface area contributed by atoms with Crippen LogP contribution in [-0.4, -0.2) is 40.1 Å². The van der Waals surface area contributed by atoms with Crippen LogP contribution >= 0.6 is 0 Å². The molecule has 0 spiro atoms. The van der Waals surface area contributed by atoms with Crippen molar-refractivity contribution in [3.05, 3.63) is 60.0 Å². The molecule has 11 heteroatoms. The third-order valence-electron chi connectivity index (χ3n) is 4.79. The lowest BCUT2D eigenvalue weighted by molar-refractivity contribution is -0.138. The molecule has 1 saturated heterocycles. The molecule has 3 aromatic rings. The molecule has 1 fully saturated rings. The summed E-state index contributed by atoms with van der Waals surface area (Å²) in [6, 6.07) is 8.85. The molecular formula is C20H21F3N6O2. The molecule has 1 aliphatic rings. The van der Waals surface area contributed by atoms with E-state index in [9.17, 15) is 13.2 Å². The SMILES string of the molecule is COCCn1cc(Nc2ncc(C(F)(F)F)c(N3OCCC3c3ccccc3)n2)cn1. The summed E-state index contributed by atoms with van der Waals surface area (Å²) in [6.07, 6.45) is -0.0927. The zero-order valence-corrected chi connectivity index (χ0v) is 16.7. The summed E-state index contributed by atoms with van der Waals surface area (Å²) < 4.78 is 47.8. The molecule has 1 atom stereocenters. The molecule has 1 aliphatic heterocycles. The van der Waals surface area contributed by atoms with Crippen LogP contribution in [0.5, 0.6) is 0 Å². The topological polar surface area (TPSA) is 77.3 Å². The fourth-order valence-electron chi connectivity index (χ4n) is 3.32. The summed E-state index contributed by atoms with van der Waals surface area (Å²) in [6.45, 7) is 1.31. The Hall–Kier alpha value is -3.18. The second kappa shape index (κ2) is 8.90. The first-order chi connectivity index (χ1) is 15.0. The van der Waals surface area contributed by atoms with E-state index in [1.54, 1.807) is 18.0 Å². The van der Waals surface area contributed by atoms with Gasteiger partial charge in [-0.05, 0) is 5.56 Å². The second-order valence-corrected chi connectivity index (χ2v) is 6.91. The van der Waals surface area contributed by atoms with Crippen LogP contribution in [0.1, 0.15) is 23.6 Å². The third-order valence-corrected chi connectivity index (χ3v) is 4.79. The van der Waals surface area contributed by atoms with Gasteiger partial charge in [0.1, 0.15) is 5.56 Å². The number of methoxy groups -OCH3 is 1. The molecule has 31 heavy (non-hydrogen) atoms. The molecule has 1 aromatic carbocycles. The highest BCUT2D eigenvalue weighted by Crippen LogP contribution is 2.41. The minimum atomic E-state index is -4.63. The number of rotatable bonds is 7. The van der Waals surface area contributed by atoms with E-state index in [0.717, 1.165) is 11.8 Å². The van der Waals surface area contributed by atoms with Crippen molar-refractivity contribution >= 4 is 17.5 Å². The maximum absolute atomic E-state index is 13.7. The van der Waals surface area contributed by atoms with E-state index >= 15 is 0 Å². The highest BCUT2D eigenvalue weighted by Gasteiger charge is 2.40. The lowest BCUT2D eigenvalue weighted by atomic mass is 10.0. The number of hydroxylamine groups is 1. The van der Waals surface area contributed by atoms with Crippen molar-refractivity contribution in [2.45, 2.75) is 25.2 Å². The lowest BCUT2D eigenvalue weighted by Gasteiger charge is -2.26. The van der Waals surface area contributed by atoms with E-state index < -0.39 is 11.7 Å². The van der Waals surface area contributed by atoms with Crippen LogP contribution < -0.4 is 10.4 Å². The van der Waals surface area contributed by atoms with E-state index in [2.05, 4.69) is 20.4 Å². The van der Waals surface area contributed by atoms with Crippen molar-refractivity contribution in [2.75, 3.05) is 30.7 Å². The zero-order valence-electron chi connectivity index (χ0n) is 16.7. The molecule has 0 saturated carbocycles. The molecule has 164 valence electrons. The number of nitrogens with one attached hydrogen (secondary N) is 1. The van der Waals surface area contributed by atoms with Crippen LogP contribution in [0.3, 0.4) is 0 Å². The van der Waals surface area contributed by atoms with Crippen molar-refractivity contribution in [1.29, 1.82) is 0 Å². The van der Waals surface area contributed by atoms with Gasteiger partial charge in [0.15, 0.2) is 5.82 Å². The van der Waals surface area contributed by atoms with Gasteiger partial charge in [-0.3, -0.25) is 9.52 Å². The van der Waals surface area contributed by atoms with Gasteiger partial charge in [0, 0.05) is 25.9 Å². The monoisotopic (exact) mass is 434 g/mol. The van der Waals surface area contributed by atoms with Crippen LogP contribution in [0.25, 0.3) is 0 Å². The summed E-state index contributed by atoms with van der Waals surface area (Å²) in [5.74, 6) is -0.320. The fourth-order valence-corrected chi connectivity index (χ4v) is 3.32. The number of aromatic nitrogens is 4. The van der Waals surface area contributed by atoms with Crippen LogP contribution in [-0.2, 0) is 22.3 Å². The molecule has 2 aromatic heterocycles. The first kappa shape index (κ1) is 21.1. The maximum Gasteiger partial charge on any atom is 0.421 e. The Morgan fingerprint density at radius 1 is 1.23 bits per heavy atom. The number of benzene rings is 1. The fraction of sp³-hybridized carbons (Fsp3) is 0.350. The van der Waals surface area contributed by atoms with Gasteiger partial charge >= 0.3 is 6.18 Å². The number of halogens is 3. The van der Waals surface area contributed by atoms with Crippen LogP contribution in [0.15, 0.2) is 48.9 Å². The van der Waals surface area contributed by atoms with Crippen molar-refractivity contribution < 1.29 is 22.7 Å². The van der Waals surface area contributed by atoms with Gasteiger partial charge < -0.3 is 10.1 Å². The third kappa shape index (κ3) is 4.78. The van der Waals surface area contributed by atoms with Gasteiger partial charge in [-0.2, -0.15) is 23.3 Å². The average Bonchev–Trinajstić information content (AvgIpc) is 3.41. The number of anilines is 3. The minimum absolute atomic E-state index is 0.0107. The Balaban J connectivity index is 1.64. The summed E-state index contributed by atoms with van der Waals surface area (Å²) in [4.78, 5) is 13.6. The Bertz CT molecular complexity index is 1010. The van der Waals surface area contributed by atoms with E-state index in [-0.39, 0.29) is 24.4 Å². The number of ether oxygens (including phenoxy) is 1. The molecule has 8 nitrogen and oxygen atoms in total. The van der Waals surface area contributed by atoms with Crippen LogP contribution in [0.2, 0.25) is 0 Å². The Kier molecular flexibility index (Phi) is 6.05. The first-order valence-electron chi connectivity index (χ1n) is 9.65. The average molecular weight is 434 g/mol. The Morgan fingerprint density at radius 2 is 2.03 bits per heavy atom.